The van der Waals surface area contributed by atoms with Gasteiger partial charge in [-0.2, -0.15) is 13.2 Å². The van der Waals surface area contributed by atoms with E-state index >= 15 is 0 Å². The number of halogens is 4. The van der Waals surface area contributed by atoms with Gasteiger partial charge in [0.1, 0.15) is 12.4 Å². The Balaban J connectivity index is 4.10. The maximum absolute atomic E-state index is 12.4. The highest BCUT2D eigenvalue weighted by Crippen LogP contribution is 2.24. The summed E-state index contributed by atoms with van der Waals surface area (Å²) in [7, 11) is 0.0638. The first-order chi connectivity index (χ1) is 8.06. The molecule has 1 N–H and O–H groups in total. The molecule has 0 heterocycles. The van der Waals surface area contributed by atoms with Crippen LogP contribution in [0.15, 0.2) is 11.9 Å². The molecule has 0 aromatic heterocycles. The minimum Gasteiger partial charge on any atom is -0.383 e. The molecule has 0 saturated heterocycles. The first-order valence-corrected chi connectivity index (χ1v) is 9.95. The van der Waals surface area contributed by atoms with Crippen LogP contribution in [0, 0.1) is 0 Å². The molecular formula is C10H20BrF3N2OSi. The van der Waals surface area contributed by atoms with E-state index in [0.717, 1.165) is 12.2 Å². The molecule has 0 bridgehead atoms. The van der Waals surface area contributed by atoms with Crippen LogP contribution in [-0.4, -0.2) is 38.6 Å². The number of ether oxygens (including phenoxy) is 1. The van der Waals surface area contributed by atoms with Crippen LogP contribution in [0.25, 0.3) is 0 Å². The average molecular weight is 349 g/mol. The number of rotatable bonds is 7. The standard InChI is InChI=1S/C10H20BrF3N2OSi/c1-15-9(10(12,13)14)7-16(11)8-17-5-6-18(2,3)4/h7,15H,5-6,8H2,1-4H3/b9-7-. The van der Waals surface area contributed by atoms with Crippen LogP contribution < -0.4 is 5.32 Å². The van der Waals surface area contributed by atoms with Gasteiger partial charge in [0.2, 0.25) is 0 Å². The van der Waals surface area contributed by atoms with Crippen LogP contribution in [0.1, 0.15) is 0 Å². The fourth-order valence-electron chi connectivity index (χ4n) is 0.987. The molecule has 0 aliphatic carbocycles. The van der Waals surface area contributed by atoms with E-state index in [1.807, 2.05) is 0 Å². The third kappa shape index (κ3) is 8.82. The lowest BCUT2D eigenvalue weighted by Gasteiger charge is -2.18. The zero-order chi connectivity index (χ0) is 14.4. The summed E-state index contributed by atoms with van der Waals surface area (Å²) in [4.78, 5) is 0. The normalized spacial score (nSPS) is 13.7. The molecule has 0 aromatic carbocycles. The fraction of sp³-hybridized carbons (Fsp3) is 0.800. The van der Waals surface area contributed by atoms with Gasteiger partial charge in [-0.25, -0.2) is 0 Å². The zero-order valence-electron chi connectivity index (χ0n) is 11.1. The smallest absolute Gasteiger partial charge is 0.383 e. The molecule has 0 atom stereocenters. The third-order valence-electron chi connectivity index (χ3n) is 2.05. The third-order valence-corrected chi connectivity index (χ3v) is 4.17. The first kappa shape index (κ1) is 17.8. The van der Waals surface area contributed by atoms with Crippen molar-refractivity contribution < 1.29 is 17.9 Å². The van der Waals surface area contributed by atoms with Crippen molar-refractivity contribution in [2.24, 2.45) is 0 Å². The first-order valence-electron chi connectivity index (χ1n) is 5.53. The van der Waals surface area contributed by atoms with Crippen LogP contribution in [0.3, 0.4) is 0 Å². The van der Waals surface area contributed by atoms with Gasteiger partial charge in [0.25, 0.3) is 0 Å². The topological polar surface area (TPSA) is 24.5 Å². The average Bonchev–Trinajstić information content (AvgIpc) is 2.18. The minimum atomic E-state index is -4.39. The van der Waals surface area contributed by atoms with Gasteiger partial charge < -0.3 is 10.1 Å². The lowest BCUT2D eigenvalue weighted by Crippen LogP contribution is -2.26. The molecule has 0 aliphatic rings. The van der Waals surface area contributed by atoms with Crippen molar-refractivity contribution in [1.82, 2.24) is 9.24 Å². The van der Waals surface area contributed by atoms with E-state index in [-0.39, 0.29) is 6.73 Å². The molecule has 0 aromatic rings. The molecule has 8 heteroatoms. The Morgan fingerprint density at radius 1 is 1.39 bits per heavy atom. The van der Waals surface area contributed by atoms with Crippen LogP contribution in [-0.2, 0) is 4.74 Å². The van der Waals surface area contributed by atoms with Gasteiger partial charge in [-0.3, -0.25) is 3.93 Å². The number of nitrogens with one attached hydrogen (secondary N) is 1. The van der Waals surface area contributed by atoms with E-state index in [2.05, 4.69) is 41.1 Å². The summed E-state index contributed by atoms with van der Waals surface area (Å²) in [6.45, 7) is 7.28. The Morgan fingerprint density at radius 2 is 1.94 bits per heavy atom. The summed E-state index contributed by atoms with van der Waals surface area (Å²) >= 11 is 3.00. The summed E-state index contributed by atoms with van der Waals surface area (Å²) in [5.74, 6) is 0. The second kappa shape index (κ2) is 7.39. The van der Waals surface area contributed by atoms with Crippen molar-refractivity contribution in [3.8, 4) is 0 Å². The lowest BCUT2D eigenvalue weighted by atomic mass is 10.4. The molecule has 0 rings (SSSR count). The molecule has 0 aliphatic heterocycles. The Morgan fingerprint density at radius 3 is 2.33 bits per heavy atom. The van der Waals surface area contributed by atoms with Gasteiger partial charge in [0.15, 0.2) is 0 Å². The van der Waals surface area contributed by atoms with Gasteiger partial charge in [0, 0.05) is 27.9 Å². The van der Waals surface area contributed by atoms with E-state index in [4.69, 9.17) is 4.74 Å². The second-order valence-corrected chi connectivity index (χ2v) is 11.6. The van der Waals surface area contributed by atoms with E-state index in [1.54, 1.807) is 0 Å². The Bertz CT molecular complexity index is 279. The van der Waals surface area contributed by atoms with Crippen molar-refractivity contribution in [3.05, 3.63) is 11.9 Å². The van der Waals surface area contributed by atoms with E-state index in [1.165, 1.54) is 11.0 Å². The number of allylic oxidation sites excluding steroid dienone is 1. The van der Waals surface area contributed by atoms with Crippen LogP contribution in [0.5, 0.6) is 0 Å². The molecule has 0 amide bonds. The number of hydrogen-bond donors (Lipinski definition) is 1. The summed E-state index contributed by atoms with van der Waals surface area (Å²) in [6.07, 6.45) is -3.46. The van der Waals surface area contributed by atoms with Gasteiger partial charge in [-0.1, -0.05) is 19.6 Å². The minimum absolute atomic E-state index is 0.0751. The molecule has 3 nitrogen and oxygen atoms in total. The van der Waals surface area contributed by atoms with Crippen molar-refractivity contribution in [3.63, 3.8) is 0 Å². The largest absolute Gasteiger partial charge is 0.432 e. The SMILES string of the molecule is CN/C(=C\N(Br)COCC[Si](C)(C)C)C(F)(F)F. The van der Waals surface area contributed by atoms with E-state index in [9.17, 15) is 13.2 Å². The van der Waals surface area contributed by atoms with Crippen LogP contribution >= 0.6 is 16.1 Å². The molecular weight excluding hydrogens is 329 g/mol. The molecule has 0 unspecified atom stereocenters. The zero-order valence-corrected chi connectivity index (χ0v) is 13.7. The summed E-state index contributed by atoms with van der Waals surface area (Å²) in [5, 5.41) is 2.10. The van der Waals surface area contributed by atoms with Gasteiger partial charge in [0.05, 0.1) is 16.1 Å². The predicted molar refractivity (Wildman–Crippen MR) is 72.9 cm³/mol. The molecule has 0 spiro atoms. The Labute approximate surface area is 116 Å². The highest BCUT2D eigenvalue weighted by atomic mass is 79.9. The second-order valence-electron chi connectivity index (χ2n) is 5.04. The number of alkyl halides is 3. The monoisotopic (exact) mass is 348 g/mol. The number of nitrogens with zero attached hydrogens (tertiary/aromatic N) is 1. The van der Waals surface area contributed by atoms with Crippen LogP contribution in [0.2, 0.25) is 25.7 Å². The highest BCUT2D eigenvalue weighted by Gasteiger charge is 2.33. The van der Waals surface area contributed by atoms with Crippen molar-refractivity contribution in [2.75, 3.05) is 20.4 Å². The molecule has 0 saturated carbocycles. The Kier molecular flexibility index (Phi) is 7.31. The summed E-state index contributed by atoms with van der Waals surface area (Å²) < 4.78 is 43.7. The molecule has 0 fully saturated rings. The molecule has 108 valence electrons. The highest BCUT2D eigenvalue weighted by molar-refractivity contribution is 9.07. The maximum atomic E-state index is 12.4. The van der Waals surface area contributed by atoms with Gasteiger partial charge in [-0.05, 0) is 6.04 Å². The summed E-state index contributed by atoms with van der Waals surface area (Å²) in [6, 6.07) is 0.982. The lowest BCUT2D eigenvalue weighted by molar-refractivity contribution is -0.0970. The van der Waals surface area contributed by atoms with Gasteiger partial charge >= 0.3 is 6.18 Å². The van der Waals surface area contributed by atoms with Gasteiger partial charge in [-0.15, -0.1) is 0 Å². The van der Waals surface area contributed by atoms with Crippen molar-refractivity contribution >= 4 is 24.2 Å². The summed E-state index contributed by atoms with van der Waals surface area (Å²) in [5.41, 5.74) is -0.826. The molecule has 18 heavy (non-hydrogen) atoms. The Hall–Kier alpha value is -0.213. The van der Waals surface area contributed by atoms with E-state index < -0.39 is 19.9 Å². The fourth-order valence-corrected chi connectivity index (χ4v) is 2.09. The van der Waals surface area contributed by atoms with Crippen molar-refractivity contribution in [1.29, 1.82) is 0 Å². The quantitative estimate of drug-likeness (QED) is 0.329. The number of hydrogen-bond acceptors (Lipinski definition) is 3. The van der Waals surface area contributed by atoms with Crippen molar-refractivity contribution in [2.45, 2.75) is 31.9 Å². The van der Waals surface area contributed by atoms with Crippen LogP contribution in [0.4, 0.5) is 13.2 Å². The predicted octanol–water partition coefficient (Wildman–Crippen LogP) is 3.53. The maximum Gasteiger partial charge on any atom is 0.432 e. The van der Waals surface area contributed by atoms with E-state index in [0.29, 0.717) is 6.61 Å². The molecule has 0 radical (unpaired) electrons.